The number of rotatable bonds is 5. The van der Waals surface area contributed by atoms with Gasteiger partial charge in [0.15, 0.2) is 0 Å². The molecule has 2 heterocycles. The topological polar surface area (TPSA) is 39.9 Å². The van der Waals surface area contributed by atoms with E-state index in [9.17, 15) is 8.78 Å². The van der Waals surface area contributed by atoms with Crippen molar-refractivity contribution < 1.29 is 13.5 Å². The van der Waals surface area contributed by atoms with Crippen LogP contribution in [0.25, 0.3) is 11.3 Å². The first-order valence-electron chi connectivity index (χ1n) is 7.97. The number of nitrogens with zero attached hydrogens (tertiary/aromatic N) is 3. The highest BCUT2D eigenvalue weighted by Crippen LogP contribution is 2.33. The lowest BCUT2D eigenvalue weighted by Gasteiger charge is -2.24. The maximum atomic E-state index is 12.8. The summed E-state index contributed by atoms with van der Waals surface area (Å²) in [5, 5.41) is 3.70. The second-order valence-electron chi connectivity index (χ2n) is 6.37. The molecule has 9 heteroatoms. The molecule has 0 N–H and O–H groups in total. The Morgan fingerprint density at radius 2 is 2.00 bits per heavy atom. The first-order valence-corrected chi connectivity index (χ1v) is 8.35. The van der Waals surface area contributed by atoms with Crippen molar-refractivity contribution in [2.24, 2.45) is 0 Å². The second-order valence-corrected chi connectivity index (χ2v) is 6.81. The number of aromatic nitrogens is 3. The van der Waals surface area contributed by atoms with Crippen molar-refractivity contribution in [3.63, 3.8) is 0 Å². The summed E-state index contributed by atoms with van der Waals surface area (Å²) in [6, 6.07) is 11.0. The van der Waals surface area contributed by atoms with Crippen molar-refractivity contribution in [3.8, 4) is 17.0 Å². The van der Waals surface area contributed by atoms with Gasteiger partial charge in [-0.05, 0) is 35.0 Å². The number of alkyl halides is 2. The molecule has 2 aromatic heterocycles. The molecule has 0 amide bonds. The first-order chi connectivity index (χ1) is 12.3. The predicted molar refractivity (Wildman–Crippen MR) is 103 cm³/mol. The quantitative estimate of drug-likeness (QED) is 0.645. The van der Waals surface area contributed by atoms with Gasteiger partial charge in [0.2, 0.25) is 0 Å². The highest BCUT2D eigenvalue weighted by Gasteiger charge is 2.28. The van der Waals surface area contributed by atoms with Crippen molar-refractivity contribution >= 4 is 27.3 Å². The average Bonchev–Trinajstić information content (AvgIpc) is 3.12. The summed E-state index contributed by atoms with van der Waals surface area (Å²) >= 11 is 6.10. The van der Waals surface area contributed by atoms with Crippen molar-refractivity contribution in [2.45, 2.75) is 11.8 Å². The van der Waals surface area contributed by atoms with E-state index in [1.165, 1.54) is 12.4 Å². The van der Waals surface area contributed by atoms with Gasteiger partial charge >= 0.3 is 6.55 Å². The molecule has 4 nitrogen and oxygen atoms in total. The summed E-state index contributed by atoms with van der Waals surface area (Å²) in [6.07, 6.45) is 2.78. The van der Waals surface area contributed by atoms with Gasteiger partial charge in [0.05, 0.1) is 13.3 Å². The van der Waals surface area contributed by atoms with Gasteiger partial charge in [0, 0.05) is 22.5 Å². The molecule has 0 aliphatic rings. The third kappa shape index (κ3) is 3.46. The van der Waals surface area contributed by atoms with Crippen LogP contribution in [0.15, 0.2) is 48.8 Å². The number of methoxy groups -OCH3 is 1. The Morgan fingerprint density at radius 1 is 1.23 bits per heavy atom. The number of halogens is 3. The molecular weight excluding hydrogens is 357 g/mol. The van der Waals surface area contributed by atoms with E-state index >= 15 is 0 Å². The van der Waals surface area contributed by atoms with Crippen LogP contribution in [0.5, 0.6) is 5.75 Å². The van der Waals surface area contributed by atoms with Gasteiger partial charge in [-0.15, -0.1) is 0 Å². The Morgan fingerprint density at radius 3 is 2.62 bits per heavy atom. The zero-order valence-electron chi connectivity index (χ0n) is 14.6. The van der Waals surface area contributed by atoms with Crippen LogP contribution in [0.3, 0.4) is 0 Å². The van der Waals surface area contributed by atoms with Gasteiger partial charge in [0.25, 0.3) is 0 Å². The summed E-state index contributed by atoms with van der Waals surface area (Å²) in [6.45, 7) is -2.68. The maximum Gasteiger partial charge on any atom is 0.333 e. The second kappa shape index (κ2) is 7.11. The van der Waals surface area contributed by atoms with Crippen molar-refractivity contribution in [1.29, 1.82) is 0 Å². The Bertz CT molecular complexity index is 934. The van der Waals surface area contributed by atoms with Crippen molar-refractivity contribution in [2.75, 3.05) is 7.11 Å². The Labute approximate surface area is 157 Å². The molecule has 0 aliphatic heterocycles. The van der Waals surface area contributed by atoms with Gasteiger partial charge < -0.3 is 4.74 Å². The number of hydrogen-bond acceptors (Lipinski definition) is 3. The molecule has 0 saturated heterocycles. The molecule has 0 fully saturated rings. The lowest BCUT2D eigenvalue weighted by molar-refractivity contribution is 0.0565. The predicted octanol–water partition coefficient (Wildman–Crippen LogP) is 2.47. The molecule has 0 saturated carbocycles. The fourth-order valence-electron chi connectivity index (χ4n) is 2.72. The third-order valence-corrected chi connectivity index (χ3v) is 4.57. The highest BCUT2D eigenvalue weighted by atomic mass is 35.5. The third-order valence-electron chi connectivity index (χ3n) is 4.34. The van der Waals surface area contributed by atoms with Crippen LogP contribution < -0.4 is 4.74 Å². The van der Waals surface area contributed by atoms with E-state index < -0.39 is 11.8 Å². The molecule has 0 radical (unpaired) electrons. The van der Waals surface area contributed by atoms with Gasteiger partial charge in [0.1, 0.15) is 27.1 Å². The molecule has 0 aliphatic carbocycles. The zero-order valence-corrected chi connectivity index (χ0v) is 15.3. The molecule has 3 aromatic rings. The molecule has 0 atom stereocenters. The average molecular weight is 373 g/mol. The largest absolute Gasteiger partial charge is 0.494 e. The number of ether oxygens (including phenoxy) is 1. The molecule has 1 aromatic carbocycles. The summed E-state index contributed by atoms with van der Waals surface area (Å²) in [4.78, 5) is 4.75. The van der Waals surface area contributed by atoms with E-state index in [1.54, 1.807) is 19.2 Å². The van der Waals surface area contributed by atoms with Crippen molar-refractivity contribution in [1.82, 2.24) is 14.8 Å². The summed E-state index contributed by atoms with van der Waals surface area (Å²) in [5.74, 6) is 0.607. The number of pyridine rings is 1. The van der Waals surface area contributed by atoms with E-state index in [-0.39, 0.29) is 0 Å². The fraction of sp³-hybridized carbons (Fsp3) is 0.176. The van der Waals surface area contributed by atoms with E-state index in [0.717, 1.165) is 5.56 Å². The van der Waals surface area contributed by atoms with E-state index in [0.29, 0.717) is 32.4 Å². The minimum atomic E-state index is -2.68. The standard InChI is InChI=1S/C17H16B2ClF2N3O/c1-26-13-5-6-14(24-15(13)10-3-2-4-12(20)7-10)17(18,19)11-8-23-25(9-11)16(21)22/h2-9,16H,18-19H2,1H3. The fourth-order valence-corrected chi connectivity index (χ4v) is 2.91. The monoisotopic (exact) mass is 373 g/mol. The van der Waals surface area contributed by atoms with E-state index in [1.807, 2.05) is 40.0 Å². The van der Waals surface area contributed by atoms with Gasteiger partial charge in [-0.3, -0.25) is 0 Å². The van der Waals surface area contributed by atoms with Crippen LogP contribution >= 0.6 is 11.6 Å². The summed E-state index contributed by atoms with van der Waals surface area (Å²) in [7, 11) is 5.40. The smallest absolute Gasteiger partial charge is 0.333 e. The summed E-state index contributed by atoms with van der Waals surface area (Å²) < 4.78 is 31.8. The minimum Gasteiger partial charge on any atom is -0.494 e. The zero-order chi connectivity index (χ0) is 18.9. The molecule has 3 rings (SSSR count). The Kier molecular flexibility index (Phi) is 5.05. The van der Waals surface area contributed by atoms with Gasteiger partial charge in [-0.25, -0.2) is 9.67 Å². The molecule has 0 spiro atoms. The first kappa shape index (κ1) is 18.5. The van der Waals surface area contributed by atoms with E-state index in [2.05, 4.69) is 5.10 Å². The van der Waals surface area contributed by atoms with Crippen LogP contribution in [0, 0.1) is 0 Å². The van der Waals surface area contributed by atoms with Gasteiger partial charge in [-0.1, -0.05) is 23.7 Å². The minimum absolute atomic E-state index is 0.592. The van der Waals surface area contributed by atoms with Crippen LogP contribution in [0.4, 0.5) is 8.78 Å². The number of benzene rings is 1. The normalized spacial score (nSPS) is 11.7. The van der Waals surface area contributed by atoms with Gasteiger partial charge in [-0.2, -0.15) is 13.9 Å². The summed E-state index contributed by atoms with van der Waals surface area (Å²) in [5.41, 5.74) is 2.81. The Hall–Kier alpha value is -2.34. The molecule has 0 unspecified atom stereocenters. The van der Waals surface area contributed by atoms with Crippen LogP contribution in [0.1, 0.15) is 17.8 Å². The van der Waals surface area contributed by atoms with Crippen LogP contribution in [-0.4, -0.2) is 37.6 Å². The lowest BCUT2D eigenvalue weighted by atomic mass is 9.50. The maximum absolute atomic E-state index is 12.8. The number of hydrogen-bond donors (Lipinski definition) is 0. The Balaban J connectivity index is 2.08. The molecule has 26 heavy (non-hydrogen) atoms. The SMILES string of the molecule is BC(B)(c1cnn(C(F)F)c1)c1ccc(OC)c(-c2cccc(Cl)c2)n1. The molecular formula is C17H16B2ClF2N3O. The van der Waals surface area contributed by atoms with Crippen molar-refractivity contribution in [3.05, 3.63) is 65.1 Å². The van der Waals surface area contributed by atoms with E-state index in [4.69, 9.17) is 21.3 Å². The van der Waals surface area contributed by atoms with Crippen LogP contribution in [0.2, 0.25) is 5.02 Å². The molecule has 0 bridgehead atoms. The molecule has 132 valence electrons. The van der Waals surface area contributed by atoms with Crippen LogP contribution in [-0.2, 0) is 5.21 Å². The lowest BCUT2D eigenvalue weighted by Crippen LogP contribution is -2.29. The highest BCUT2D eigenvalue weighted by molar-refractivity contribution is 6.42.